The summed E-state index contributed by atoms with van der Waals surface area (Å²) < 4.78 is 0. The lowest BCUT2D eigenvalue weighted by Crippen LogP contribution is -2.35. The molecule has 1 aromatic rings. The maximum absolute atomic E-state index is 12.0. The molecule has 0 atom stereocenters. The number of amides is 1. The van der Waals surface area contributed by atoms with E-state index in [9.17, 15) is 9.59 Å². The van der Waals surface area contributed by atoms with E-state index in [1.54, 1.807) is 6.07 Å². The molecule has 1 aromatic heterocycles. The zero-order valence-corrected chi connectivity index (χ0v) is 10.6. The summed E-state index contributed by atoms with van der Waals surface area (Å²) in [5.74, 6) is -0.133. The Balaban J connectivity index is 1.95. The van der Waals surface area contributed by atoms with Crippen molar-refractivity contribution in [3.05, 3.63) is 34.2 Å². The van der Waals surface area contributed by atoms with Crippen LogP contribution < -0.4 is 10.9 Å². The van der Waals surface area contributed by atoms with Crippen molar-refractivity contribution in [1.29, 1.82) is 0 Å². The molecule has 0 unspecified atom stereocenters. The second-order valence-corrected chi connectivity index (χ2v) is 4.96. The Labute approximate surface area is 107 Å². The fourth-order valence-corrected chi connectivity index (χ4v) is 2.46. The lowest BCUT2D eigenvalue weighted by Gasteiger charge is -2.20. The lowest BCUT2D eigenvalue weighted by atomic mass is 9.96. The largest absolute Gasteiger partial charge is 0.349 e. The SMILES string of the molecule is O=C(NC1CCCCCCC1)c1cc[nH]c(=O)c1. The van der Waals surface area contributed by atoms with Gasteiger partial charge < -0.3 is 10.3 Å². The number of rotatable bonds is 2. The molecule has 0 aliphatic heterocycles. The van der Waals surface area contributed by atoms with E-state index in [0.717, 1.165) is 12.8 Å². The molecular formula is C14H20N2O2. The summed E-state index contributed by atoms with van der Waals surface area (Å²) in [5.41, 5.74) is 0.209. The number of H-pyrrole nitrogens is 1. The highest BCUT2D eigenvalue weighted by molar-refractivity contribution is 5.94. The van der Waals surface area contributed by atoms with E-state index in [1.165, 1.54) is 44.4 Å². The molecule has 1 saturated carbocycles. The highest BCUT2D eigenvalue weighted by Crippen LogP contribution is 2.17. The number of hydrogen-bond donors (Lipinski definition) is 2. The van der Waals surface area contributed by atoms with E-state index in [1.807, 2.05) is 0 Å². The van der Waals surface area contributed by atoms with Crippen LogP contribution in [-0.4, -0.2) is 16.9 Å². The molecular weight excluding hydrogens is 228 g/mol. The van der Waals surface area contributed by atoms with Crippen LogP contribution in [0.25, 0.3) is 0 Å². The fourth-order valence-electron chi connectivity index (χ4n) is 2.46. The zero-order valence-electron chi connectivity index (χ0n) is 10.6. The van der Waals surface area contributed by atoms with Crippen LogP contribution in [0.15, 0.2) is 23.1 Å². The first-order valence-corrected chi connectivity index (χ1v) is 6.75. The summed E-state index contributed by atoms with van der Waals surface area (Å²) in [6, 6.07) is 3.25. The van der Waals surface area contributed by atoms with Crippen molar-refractivity contribution in [2.45, 2.75) is 51.0 Å². The predicted molar refractivity (Wildman–Crippen MR) is 70.6 cm³/mol. The van der Waals surface area contributed by atoms with Gasteiger partial charge in [0, 0.05) is 23.9 Å². The highest BCUT2D eigenvalue weighted by Gasteiger charge is 2.15. The van der Waals surface area contributed by atoms with E-state index >= 15 is 0 Å². The van der Waals surface area contributed by atoms with Crippen molar-refractivity contribution >= 4 is 5.91 Å². The molecule has 4 heteroatoms. The molecule has 0 aromatic carbocycles. The van der Waals surface area contributed by atoms with Gasteiger partial charge in [-0.3, -0.25) is 9.59 Å². The Morgan fingerprint density at radius 1 is 1.17 bits per heavy atom. The molecule has 98 valence electrons. The second-order valence-electron chi connectivity index (χ2n) is 4.96. The molecule has 1 aliphatic carbocycles. The van der Waals surface area contributed by atoms with E-state index < -0.39 is 0 Å². The van der Waals surface area contributed by atoms with Gasteiger partial charge in [-0.25, -0.2) is 0 Å². The fraction of sp³-hybridized carbons (Fsp3) is 0.571. The van der Waals surface area contributed by atoms with Crippen LogP contribution in [0.5, 0.6) is 0 Å². The van der Waals surface area contributed by atoms with Gasteiger partial charge in [-0.15, -0.1) is 0 Å². The number of pyridine rings is 1. The number of nitrogens with one attached hydrogen (secondary N) is 2. The van der Waals surface area contributed by atoms with Gasteiger partial charge in [-0.05, 0) is 18.9 Å². The Kier molecular flexibility index (Phi) is 4.56. The first kappa shape index (κ1) is 12.9. The van der Waals surface area contributed by atoms with Crippen LogP contribution in [0.3, 0.4) is 0 Å². The molecule has 1 fully saturated rings. The number of aromatic amines is 1. The molecule has 2 N–H and O–H groups in total. The van der Waals surface area contributed by atoms with Crippen LogP contribution in [0.4, 0.5) is 0 Å². The van der Waals surface area contributed by atoms with Gasteiger partial charge in [0.05, 0.1) is 0 Å². The lowest BCUT2D eigenvalue weighted by molar-refractivity contribution is 0.0930. The van der Waals surface area contributed by atoms with Gasteiger partial charge in [0.1, 0.15) is 0 Å². The zero-order chi connectivity index (χ0) is 12.8. The molecule has 1 aliphatic rings. The van der Waals surface area contributed by atoms with Crippen LogP contribution >= 0.6 is 0 Å². The molecule has 1 heterocycles. The van der Waals surface area contributed by atoms with Gasteiger partial charge in [0.25, 0.3) is 5.91 Å². The number of aromatic nitrogens is 1. The summed E-state index contributed by atoms with van der Waals surface area (Å²) in [5, 5.41) is 3.04. The summed E-state index contributed by atoms with van der Waals surface area (Å²) in [6.45, 7) is 0. The third-order valence-electron chi connectivity index (χ3n) is 3.48. The third-order valence-corrected chi connectivity index (χ3v) is 3.48. The average molecular weight is 248 g/mol. The number of hydrogen-bond acceptors (Lipinski definition) is 2. The van der Waals surface area contributed by atoms with Gasteiger partial charge in [-0.1, -0.05) is 32.1 Å². The Hall–Kier alpha value is -1.58. The Bertz CT molecular complexity index is 445. The molecule has 0 bridgehead atoms. The van der Waals surface area contributed by atoms with Gasteiger partial charge in [0.2, 0.25) is 5.56 Å². The molecule has 4 nitrogen and oxygen atoms in total. The van der Waals surface area contributed by atoms with Crippen molar-refractivity contribution < 1.29 is 4.79 Å². The predicted octanol–water partition coefficient (Wildman–Crippen LogP) is 2.22. The smallest absolute Gasteiger partial charge is 0.251 e. The van der Waals surface area contributed by atoms with E-state index in [-0.39, 0.29) is 17.5 Å². The summed E-state index contributed by atoms with van der Waals surface area (Å²) in [4.78, 5) is 25.7. The minimum atomic E-state index is -0.236. The van der Waals surface area contributed by atoms with E-state index in [0.29, 0.717) is 5.56 Å². The Morgan fingerprint density at radius 3 is 2.50 bits per heavy atom. The molecule has 2 rings (SSSR count). The van der Waals surface area contributed by atoms with Crippen LogP contribution in [0.1, 0.15) is 55.3 Å². The van der Waals surface area contributed by atoms with E-state index in [4.69, 9.17) is 0 Å². The average Bonchev–Trinajstić information content (AvgIpc) is 2.32. The number of carbonyl (C=O) groups excluding carboxylic acids is 1. The van der Waals surface area contributed by atoms with Crippen molar-refractivity contribution in [3.63, 3.8) is 0 Å². The second kappa shape index (κ2) is 6.38. The topological polar surface area (TPSA) is 62.0 Å². The summed E-state index contributed by atoms with van der Waals surface area (Å²) in [7, 11) is 0. The van der Waals surface area contributed by atoms with Crippen molar-refractivity contribution in [1.82, 2.24) is 10.3 Å². The van der Waals surface area contributed by atoms with Crippen molar-refractivity contribution in [2.24, 2.45) is 0 Å². The molecule has 0 radical (unpaired) electrons. The monoisotopic (exact) mass is 248 g/mol. The molecule has 1 amide bonds. The normalized spacial score (nSPS) is 17.8. The highest BCUT2D eigenvalue weighted by atomic mass is 16.2. The minimum Gasteiger partial charge on any atom is -0.349 e. The molecule has 0 spiro atoms. The van der Waals surface area contributed by atoms with E-state index in [2.05, 4.69) is 10.3 Å². The van der Waals surface area contributed by atoms with Crippen LogP contribution in [0, 0.1) is 0 Å². The van der Waals surface area contributed by atoms with Gasteiger partial charge in [-0.2, -0.15) is 0 Å². The minimum absolute atomic E-state index is 0.133. The first-order chi connectivity index (χ1) is 8.75. The maximum atomic E-state index is 12.0. The summed E-state index contributed by atoms with van der Waals surface area (Å²) >= 11 is 0. The molecule has 0 saturated heterocycles. The van der Waals surface area contributed by atoms with Crippen LogP contribution in [-0.2, 0) is 0 Å². The standard InChI is InChI=1S/C14H20N2O2/c17-13-10-11(8-9-15-13)14(18)16-12-6-4-2-1-3-5-7-12/h8-10,12H,1-7H2,(H,15,17)(H,16,18). The Morgan fingerprint density at radius 2 is 1.83 bits per heavy atom. The summed E-state index contributed by atoms with van der Waals surface area (Å²) in [6.07, 6.45) is 9.81. The first-order valence-electron chi connectivity index (χ1n) is 6.75. The van der Waals surface area contributed by atoms with Gasteiger partial charge in [0.15, 0.2) is 0 Å². The van der Waals surface area contributed by atoms with Crippen LogP contribution in [0.2, 0.25) is 0 Å². The van der Waals surface area contributed by atoms with Crippen molar-refractivity contribution in [3.8, 4) is 0 Å². The third kappa shape index (κ3) is 3.72. The number of carbonyl (C=O) groups is 1. The van der Waals surface area contributed by atoms with Crippen molar-refractivity contribution in [2.75, 3.05) is 0 Å². The quantitative estimate of drug-likeness (QED) is 0.843. The van der Waals surface area contributed by atoms with Gasteiger partial charge >= 0.3 is 0 Å². The maximum Gasteiger partial charge on any atom is 0.251 e. The molecule has 18 heavy (non-hydrogen) atoms.